The van der Waals surface area contributed by atoms with Crippen molar-refractivity contribution in [2.24, 2.45) is 0 Å². The third-order valence-electron chi connectivity index (χ3n) is 2.88. The monoisotopic (exact) mass is 401 g/mol. The molecule has 11 heteroatoms. The van der Waals surface area contributed by atoms with Crippen molar-refractivity contribution in [3.63, 3.8) is 0 Å². The van der Waals surface area contributed by atoms with E-state index in [4.69, 9.17) is 0 Å². The lowest BCUT2D eigenvalue weighted by Crippen LogP contribution is -2.24. The Morgan fingerprint density at radius 2 is 1.73 bits per heavy atom. The van der Waals surface area contributed by atoms with Crippen molar-refractivity contribution in [1.29, 1.82) is 0 Å². The summed E-state index contributed by atoms with van der Waals surface area (Å²) in [6.45, 7) is 4.21. The molecule has 0 spiro atoms. The van der Waals surface area contributed by atoms with Crippen LogP contribution in [0.2, 0.25) is 0 Å². The number of rotatable bonds is 6. The number of esters is 2. The Morgan fingerprint density at radius 1 is 1.15 bits per heavy atom. The topological polar surface area (TPSA) is 65.5 Å². The smallest absolute Gasteiger partial charge is 0.434 e. The molecule has 0 amide bonds. The van der Waals surface area contributed by atoms with E-state index >= 15 is 0 Å². The van der Waals surface area contributed by atoms with Crippen molar-refractivity contribution < 1.29 is 41.0 Å². The van der Waals surface area contributed by atoms with Crippen LogP contribution in [0.5, 0.6) is 0 Å². The van der Waals surface area contributed by atoms with Crippen molar-refractivity contribution in [1.82, 2.24) is 4.98 Å². The largest absolute Gasteiger partial charge is 0.465 e. The van der Waals surface area contributed by atoms with Gasteiger partial charge in [0.05, 0.1) is 13.7 Å². The summed E-state index contributed by atoms with van der Waals surface area (Å²) in [5.74, 6) is -2.74. The summed E-state index contributed by atoms with van der Waals surface area (Å²) in [5.41, 5.74) is -5.19. The van der Waals surface area contributed by atoms with Crippen molar-refractivity contribution in [2.75, 3.05) is 13.7 Å². The maximum Gasteiger partial charge on any atom is 0.434 e. The molecule has 1 aromatic heterocycles. The Balaban J connectivity index is 4.03. The third-order valence-corrected chi connectivity index (χ3v) is 3.99. The molecular weight excluding hydrogens is 385 g/mol. The third kappa shape index (κ3) is 4.83. The van der Waals surface area contributed by atoms with Crippen molar-refractivity contribution >= 4 is 23.7 Å². The van der Waals surface area contributed by atoms with Crippen LogP contribution in [0.15, 0.2) is 4.90 Å². The van der Waals surface area contributed by atoms with Crippen LogP contribution in [-0.2, 0) is 15.7 Å². The van der Waals surface area contributed by atoms with E-state index in [-0.39, 0.29) is 6.61 Å². The molecule has 0 aromatic carbocycles. The first-order valence-corrected chi connectivity index (χ1v) is 8.18. The standard InChI is InChI=1S/C15H16F5NO4S/c1-5-25-14(23)8-10(26-6(2)3)7(13(22)24-4)9(12(16)17)21-11(8)15(18,19)20/h6,12H,5H2,1-4H3. The average molecular weight is 401 g/mol. The van der Waals surface area contributed by atoms with Gasteiger partial charge in [0.1, 0.15) is 16.8 Å². The second kappa shape index (κ2) is 8.65. The molecule has 0 bridgehead atoms. The molecular formula is C15H16F5NO4S. The number of methoxy groups -OCH3 is 1. The molecule has 0 fully saturated rings. The predicted molar refractivity (Wildman–Crippen MR) is 82.5 cm³/mol. The number of halogens is 5. The number of pyridine rings is 1. The van der Waals surface area contributed by atoms with Gasteiger partial charge in [-0.25, -0.2) is 23.4 Å². The highest BCUT2D eigenvalue weighted by Gasteiger charge is 2.43. The van der Waals surface area contributed by atoms with E-state index in [1.807, 2.05) is 0 Å². The summed E-state index contributed by atoms with van der Waals surface area (Å²) < 4.78 is 75.8. The number of ether oxygens (including phenoxy) is 2. The van der Waals surface area contributed by atoms with E-state index in [1.54, 1.807) is 13.8 Å². The highest BCUT2D eigenvalue weighted by Crippen LogP contribution is 2.42. The van der Waals surface area contributed by atoms with E-state index in [0.29, 0.717) is 11.8 Å². The van der Waals surface area contributed by atoms with Crippen LogP contribution in [0.1, 0.15) is 59.3 Å². The molecule has 0 saturated heterocycles. The predicted octanol–water partition coefficient (Wildman–Crippen LogP) is 4.50. The first-order valence-electron chi connectivity index (χ1n) is 7.30. The molecule has 0 N–H and O–H groups in total. The number of nitrogens with zero attached hydrogens (tertiary/aromatic N) is 1. The maximum absolute atomic E-state index is 13.4. The van der Waals surface area contributed by atoms with Gasteiger partial charge in [-0.05, 0) is 6.92 Å². The van der Waals surface area contributed by atoms with Crippen LogP contribution in [0.3, 0.4) is 0 Å². The van der Waals surface area contributed by atoms with Crippen LogP contribution < -0.4 is 0 Å². The molecule has 1 aromatic rings. The highest BCUT2D eigenvalue weighted by molar-refractivity contribution is 8.00. The lowest BCUT2D eigenvalue weighted by molar-refractivity contribution is -0.142. The first-order chi connectivity index (χ1) is 11.9. The molecule has 0 unspecified atom stereocenters. The van der Waals surface area contributed by atoms with Gasteiger partial charge in [-0.2, -0.15) is 13.2 Å². The van der Waals surface area contributed by atoms with E-state index in [2.05, 4.69) is 14.5 Å². The zero-order valence-corrected chi connectivity index (χ0v) is 15.1. The lowest BCUT2D eigenvalue weighted by atomic mass is 10.1. The van der Waals surface area contributed by atoms with E-state index in [1.165, 1.54) is 6.92 Å². The minimum absolute atomic E-state index is 0.258. The molecule has 5 nitrogen and oxygen atoms in total. The van der Waals surface area contributed by atoms with Gasteiger partial charge >= 0.3 is 18.1 Å². The maximum atomic E-state index is 13.4. The minimum Gasteiger partial charge on any atom is -0.465 e. The summed E-state index contributed by atoms with van der Waals surface area (Å²) in [6, 6.07) is 0. The van der Waals surface area contributed by atoms with Gasteiger partial charge in [0.15, 0.2) is 5.69 Å². The summed E-state index contributed by atoms with van der Waals surface area (Å²) in [5, 5.41) is -0.444. The zero-order chi connectivity index (χ0) is 20.2. The molecule has 0 saturated carbocycles. The molecule has 0 aliphatic carbocycles. The zero-order valence-electron chi connectivity index (χ0n) is 14.2. The highest BCUT2D eigenvalue weighted by atomic mass is 32.2. The second-order valence-electron chi connectivity index (χ2n) is 5.10. The summed E-state index contributed by atoms with van der Waals surface area (Å²) in [7, 11) is 0.878. The number of aromatic nitrogens is 1. The van der Waals surface area contributed by atoms with E-state index < -0.39 is 57.2 Å². The van der Waals surface area contributed by atoms with Gasteiger partial charge in [0, 0.05) is 10.1 Å². The molecule has 0 radical (unpaired) electrons. The Hall–Kier alpha value is -1.91. The molecule has 26 heavy (non-hydrogen) atoms. The van der Waals surface area contributed by atoms with E-state index in [9.17, 15) is 31.5 Å². The fraction of sp³-hybridized carbons (Fsp3) is 0.533. The summed E-state index contributed by atoms with van der Waals surface area (Å²) in [4.78, 5) is 26.4. The molecule has 0 aliphatic heterocycles. The van der Waals surface area contributed by atoms with Gasteiger partial charge in [-0.3, -0.25) is 0 Å². The number of alkyl halides is 5. The quantitative estimate of drug-likeness (QED) is 0.397. The van der Waals surface area contributed by atoms with Gasteiger partial charge in [0.25, 0.3) is 6.43 Å². The number of carbonyl (C=O) groups excluding carboxylic acids is 2. The number of hydrogen-bond donors (Lipinski definition) is 0. The Kier molecular flexibility index (Phi) is 7.36. The Morgan fingerprint density at radius 3 is 2.12 bits per heavy atom. The molecule has 1 heterocycles. The molecule has 146 valence electrons. The molecule has 0 atom stereocenters. The summed E-state index contributed by atoms with van der Waals surface area (Å²) in [6.07, 6.45) is -8.71. The fourth-order valence-electron chi connectivity index (χ4n) is 1.99. The van der Waals surface area contributed by atoms with Gasteiger partial charge in [-0.15, -0.1) is 11.8 Å². The lowest BCUT2D eigenvalue weighted by Gasteiger charge is -2.21. The van der Waals surface area contributed by atoms with E-state index in [0.717, 1.165) is 7.11 Å². The SMILES string of the molecule is CCOC(=O)c1c(C(F)(F)F)nc(C(F)F)c(C(=O)OC)c1SC(C)C. The molecule has 1 rings (SSSR count). The van der Waals surface area contributed by atoms with Crippen LogP contribution >= 0.6 is 11.8 Å². The first kappa shape index (κ1) is 22.1. The summed E-state index contributed by atoms with van der Waals surface area (Å²) >= 11 is 0.636. The minimum atomic E-state index is -5.22. The Labute approximate surface area is 150 Å². The van der Waals surface area contributed by atoms with Crippen molar-refractivity contribution in [3.8, 4) is 0 Å². The number of thioether (sulfide) groups is 1. The number of hydrogen-bond acceptors (Lipinski definition) is 6. The second-order valence-corrected chi connectivity index (χ2v) is 6.69. The van der Waals surface area contributed by atoms with Crippen molar-refractivity contribution in [2.45, 2.75) is 43.5 Å². The van der Waals surface area contributed by atoms with Gasteiger partial charge in [-0.1, -0.05) is 13.8 Å². The van der Waals surface area contributed by atoms with Crippen LogP contribution in [-0.4, -0.2) is 35.9 Å². The van der Waals surface area contributed by atoms with Crippen LogP contribution in [0.25, 0.3) is 0 Å². The van der Waals surface area contributed by atoms with Gasteiger partial charge in [0.2, 0.25) is 0 Å². The number of carbonyl (C=O) groups is 2. The van der Waals surface area contributed by atoms with Crippen LogP contribution in [0, 0.1) is 0 Å². The van der Waals surface area contributed by atoms with Crippen LogP contribution in [0.4, 0.5) is 22.0 Å². The fourth-order valence-corrected chi connectivity index (χ4v) is 3.06. The average Bonchev–Trinajstić information content (AvgIpc) is 2.51. The molecule has 0 aliphatic rings. The normalized spacial score (nSPS) is 11.8. The van der Waals surface area contributed by atoms with Gasteiger partial charge < -0.3 is 9.47 Å². The Bertz CT molecular complexity index is 692. The van der Waals surface area contributed by atoms with Crippen molar-refractivity contribution in [3.05, 3.63) is 22.5 Å².